The molecule has 140 valence electrons. The summed E-state index contributed by atoms with van der Waals surface area (Å²) in [6.07, 6.45) is 6.87. The number of likely N-dealkylation sites (tertiary alicyclic amines) is 1. The van der Waals surface area contributed by atoms with Crippen LogP contribution in [0.5, 0.6) is 0 Å². The predicted molar refractivity (Wildman–Crippen MR) is 101 cm³/mol. The molecule has 0 N–H and O–H groups in total. The van der Waals surface area contributed by atoms with E-state index in [-0.39, 0.29) is 18.5 Å². The van der Waals surface area contributed by atoms with Crippen LogP contribution in [0.2, 0.25) is 0 Å². The van der Waals surface area contributed by atoms with Gasteiger partial charge in [-0.3, -0.25) is 14.5 Å². The summed E-state index contributed by atoms with van der Waals surface area (Å²) in [5.41, 5.74) is 1.79. The van der Waals surface area contributed by atoms with E-state index in [2.05, 4.69) is 20.2 Å². The van der Waals surface area contributed by atoms with E-state index in [0.717, 1.165) is 29.3 Å². The highest BCUT2D eigenvalue weighted by atomic mass is 16.5. The smallest absolute Gasteiger partial charge is 0.249 e. The summed E-state index contributed by atoms with van der Waals surface area (Å²) in [6.45, 7) is 0.866. The molecule has 0 spiro atoms. The van der Waals surface area contributed by atoms with Gasteiger partial charge in [-0.15, -0.1) is 0 Å². The van der Waals surface area contributed by atoms with E-state index in [1.54, 1.807) is 23.3 Å². The minimum atomic E-state index is -0.197. The van der Waals surface area contributed by atoms with Gasteiger partial charge < -0.3 is 9.42 Å². The molecule has 1 unspecified atom stereocenters. The van der Waals surface area contributed by atoms with Gasteiger partial charge in [0.15, 0.2) is 0 Å². The Morgan fingerprint density at radius 1 is 1.18 bits per heavy atom. The van der Waals surface area contributed by atoms with E-state index < -0.39 is 0 Å². The molecule has 1 amide bonds. The highest BCUT2D eigenvalue weighted by molar-refractivity contribution is 5.82. The van der Waals surface area contributed by atoms with Gasteiger partial charge in [0.05, 0.1) is 11.7 Å². The lowest BCUT2D eigenvalue weighted by molar-refractivity contribution is -0.133. The maximum atomic E-state index is 13.0. The van der Waals surface area contributed by atoms with Gasteiger partial charge in [0.1, 0.15) is 12.6 Å². The van der Waals surface area contributed by atoms with Crippen LogP contribution in [0.3, 0.4) is 0 Å². The van der Waals surface area contributed by atoms with Gasteiger partial charge in [0.2, 0.25) is 17.6 Å². The normalized spacial score (nSPS) is 16.7. The zero-order valence-electron chi connectivity index (χ0n) is 15.1. The Labute approximate surface area is 160 Å². The van der Waals surface area contributed by atoms with Crippen molar-refractivity contribution in [1.29, 1.82) is 0 Å². The number of aromatic nitrogens is 5. The van der Waals surface area contributed by atoms with Crippen molar-refractivity contribution >= 4 is 16.8 Å². The first-order valence-corrected chi connectivity index (χ1v) is 9.23. The van der Waals surface area contributed by atoms with Crippen molar-refractivity contribution in [3.8, 4) is 11.4 Å². The lowest BCUT2D eigenvalue weighted by Crippen LogP contribution is -2.33. The van der Waals surface area contributed by atoms with E-state index >= 15 is 0 Å². The molecule has 8 nitrogen and oxygen atoms in total. The number of nitrogens with zero attached hydrogens (tertiary/aromatic N) is 6. The number of hydrogen-bond acceptors (Lipinski definition) is 6. The molecule has 0 bridgehead atoms. The van der Waals surface area contributed by atoms with Crippen molar-refractivity contribution < 1.29 is 9.32 Å². The first kappa shape index (κ1) is 16.6. The molecular weight excluding hydrogens is 356 g/mol. The van der Waals surface area contributed by atoms with Crippen LogP contribution in [0, 0.1) is 0 Å². The molecule has 1 aromatic carbocycles. The molecule has 0 saturated carbocycles. The van der Waals surface area contributed by atoms with E-state index in [1.807, 2.05) is 41.3 Å². The van der Waals surface area contributed by atoms with E-state index in [0.29, 0.717) is 18.3 Å². The Hall–Kier alpha value is -3.55. The van der Waals surface area contributed by atoms with Gasteiger partial charge in [0, 0.05) is 29.9 Å². The minimum absolute atomic E-state index is 0.0000131. The molecule has 4 aromatic rings. The first-order chi connectivity index (χ1) is 13.8. The van der Waals surface area contributed by atoms with Crippen LogP contribution < -0.4 is 0 Å². The Balaban J connectivity index is 1.37. The number of fused-ring (bicyclic) bond motifs is 1. The third-order valence-electron chi connectivity index (χ3n) is 5.07. The number of para-hydroxylation sites is 1. The number of pyridine rings is 1. The molecule has 5 rings (SSSR count). The highest BCUT2D eigenvalue weighted by Gasteiger charge is 2.34. The molecule has 3 aromatic heterocycles. The Morgan fingerprint density at radius 3 is 2.93 bits per heavy atom. The Kier molecular flexibility index (Phi) is 4.08. The largest absolute Gasteiger partial charge is 0.337 e. The van der Waals surface area contributed by atoms with Crippen LogP contribution in [-0.4, -0.2) is 42.3 Å². The van der Waals surface area contributed by atoms with Crippen molar-refractivity contribution in [1.82, 2.24) is 29.8 Å². The fraction of sp³-hybridized carbons (Fsp3) is 0.250. The van der Waals surface area contributed by atoms with Crippen molar-refractivity contribution in [2.45, 2.75) is 25.4 Å². The van der Waals surface area contributed by atoms with Gasteiger partial charge in [-0.1, -0.05) is 23.4 Å². The number of hydrogen-bond donors (Lipinski definition) is 0. The summed E-state index contributed by atoms with van der Waals surface area (Å²) in [4.78, 5) is 23.3. The van der Waals surface area contributed by atoms with Crippen LogP contribution in [-0.2, 0) is 11.3 Å². The second-order valence-corrected chi connectivity index (χ2v) is 6.80. The number of amides is 1. The first-order valence-electron chi connectivity index (χ1n) is 9.23. The molecule has 1 fully saturated rings. The van der Waals surface area contributed by atoms with Crippen LogP contribution >= 0.6 is 0 Å². The van der Waals surface area contributed by atoms with Crippen LogP contribution in [0.4, 0.5) is 0 Å². The molecular formula is C20H18N6O2. The van der Waals surface area contributed by atoms with Crippen LogP contribution in [0.25, 0.3) is 22.3 Å². The summed E-state index contributed by atoms with van der Waals surface area (Å²) in [5, 5.41) is 9.45. The molecule has 1 atom stereocenters. The maximum absolute atomic E-state index is 13.0. The molecule has 1 aliphatic rings. The standard InChI is InChI=1S/C20H18N6O2/c27-18(13-26-16-5-2-1-4-15(16)12-22-26)25-11-3-6-17(25)20-23-19(24-28-20)14-7-9-21-10-8-14/h1-2,4-5,7-10,12,17H,3,6,11,13H2. The third kappa shape index (κ3) is 2.92. The average molecular weight is 374 g/mol. The van der Waals surface area contributed by atoms with Crippen LogP contribution in [0.1, 0.15) is 24.8 Å². The quantitative estimate of drug-likeness (QED) is 0.546. The summed E-state index contributed by atoms with van der Waals surface area (Å²) in [7, 11) is 0. The minimum Gasteiger partial charge on any atom is -0.337 e. The van der Waals surface area contributed by atoms with Crippen molar-refractivity contribution in [3.05, 3.63) is 60.9 Å². The SMILES string of the molecule is O=C(Cn1ncc2ccccc21)N1CCCC1c1nc(-c2ccncc2)no1. The van der Waals surface area contributed by atoms with Gasteiger partial charge in [-0.05, 0) is 31.0 Å². The number of benzene rings is 1. The van der Waals surface area contributed by atoms with Crippen molar-refractivity contribution in [2.24, 2.45) is 0 Å². The van der Waals surface area contributed by atoms with Crippen molar-refractivity contribution in [2.75, 3.05) is 6.54 Å². The fourth-order valence-corrected chi connectivity index (χ4v) is 3.68. The molecule has 4 heterocycles. The molecule has 28 heavy (non-hydrogen) atoms. The van der Waals surface area contributed by atoms with Gasteiger partial charge in [-0.25, -0.2) is 0 Å². The Bertz CT molecular complexity index is 1120. The Morgan fingerprint density at radius 2 is 2.04 bits per heavy atom. The molecule has 1 aliphatic heterocycles. The second-order valence-electron chi connectivity index (χ2n) is 6.80. The zero-order chi connectivity index (χ0) is 18.9. The number of rotatable bonds is 4. The second kappa shape index (κ2) is 6.88. The summed E-state index contributed by atoms with van der Waals surface area (Å²) in [5.74, 6) is 0.984. The van der Waals surface area contributed by atoms with E-state index in [4.69, 9.17) is 4.52 Å². The van der Waals surface area contributed by atoms with Gasteiger partial charge in [-0.2, -0.15) is 10.1 Å². The monoisotopic (exact) mass is 374 g/mol. The lowest BCUT2D eigenvalue weighted by atomic mass is 10.2. The summed E-state index contributed by atoms with van der Waals surface area (Å²) in [6, 6.07) is 11.3. The maximum Gasteiger partial charge on any atom is 0.249 e. The number of carbonyl (C=O) groups excluding carboxylic acids is 1. The lowest BCUT2D eigenvalue weighted by Gasteiger charge is -2.22. The van der Waals surface area contributed by atoms with E-state index in [1.165, 1.54) is 0 Å². The topological polar surface area (TPSA) is 89.9 Å². The molecule has 0 aliphatic carbocycles. The third-order valence-corrected chi connectivity index (χ3v) is 5.07. The van der Waals surface area contributed by atoms with Gasteiger partial charge >= 0.3 is 0 Å². The molecule has 0 radical (unpaired) electrons. The molecule has 8 heteroatoms. The number of carbonyl (C=O) groups is 1. The highest BCUT2D eigenvalue weighted by Crippen LogP contribution is 2.32. The van der Waals surface area contributed by atoms with Gasteiger partial charge in [0.25, 0.3) is 0 Å². The summed E-state index contributed by atoms with van der Waals surface area (Å²) < 4.78 is 7.23. The van der Waals surface area contributed by atoms with E-state index in [9.17, 15) is 4.79 Å². The molecule has 1 saturated heterocycles. The summed E-state index contributed by atoms with van der Waals surface area (Å²) >= 11 is 0. The zero-order valence-corrected chi connectivity index (χ0v) is 15.1. The van der Waals surface area contributed by atoms with Crippen molar-refractivity contribution in [3.63, 3.8) is 0 Å². The van der Waals surface area contributed by atoms with Crippen LogP contribution in [0.15, 0.2) is 59.5 Å². The predicted octanol–water partition coefficient (Wildman–Crippen LogP) is 2.85. The fourth-order valence-electron chi connectivity index (χ4n) is 3.68. The average Bonchev–Trinajstić information content (AvgIpc) is 3.48.